The maximum Gasteiger partial charge on any atom is 0.221 e. The van der Waals surface area contributed by atoms with Gasteiger partial charge >= 0.3 is 0 Å². The van der Waals surface area contributed by atoms with Gasteiger partial charge in [-0.3, -0.25) is 0 Å². The van der Waals surface area contributed by atoms with Gasteiger partial charge in [-0.1, -0.05) is 43.4 Å². The zero-order chi connectivity index (χ0) is 13.8. The molecule has 1 atom stereocenters. The maximum absolute atomic E-state index is 12.0. The SMILES string of the molecule is CCC(C(N)=S)S(=O)(=O)NCc1ccccc1C. The van der Waals surface area contributed by atoms with Gasteiger partial charge in [0.15, 0.2) is 0 Å². The minimum atomic E-state index is -3.50. The van der Waals surface area contributed by atoms with Crippen molar-refractivity contribution in [2.75, 3.05) is 0 Å². The lowest BCUT2D eigenvalue weighted by atomic mass is 10.1. The molecule has 1 rings (SSSR count). The second-order valence-electron chi connectivity index (χ2n) is 4.09. The van der Waals surface area contributed by atoms with E-state index in [4.69, 9.17) is 18.0 Å². The average Bonchev–Trinajstić information content (AvgIpc) is 2.28. The van der Waals surface area contributed by atoms with E-state index in [1.165, 1.54) is 0 Å². The average molecular weight is 286 g/mol. The molecule has 1 aromatic carbocycles. The van der Waals surface area contributed by atoms with Crippen molar-refractivity contribution in [2.45, 2.75) is 32.1 Å². The summed E-state index contributed by atoms with van der Waals surface area (Å²) in [4.78, 5) is 0.00906. The minimum Gasteiger partial charge on any atom is -0.392 e. The van der Waals surface area contributed by atoms with Gasteiger partial charge < -0.3 is 5.73 Å². The van der Waals surface area contributed by atoms with Gasteiger partial charge in [-0.2, -0.15) is 0 Å². The Morgan fingerprint density at radius 1 is 1.44 bits per heavy atom. The molecule has 1 aromatic rings. The van der Waals surface area contributed by atoms with Gasteiger partial charge in [0, 0.05) is 6.54 Å². The van der Waals surface area contributed by atoms with Crippen molar-refractivity contribution in [1.29, 1.82) is 0 Å². The van der Waals surface area contributed by atoms with Crippen LogP contribution >= 0.6 is 12.2 Å². The van der Waals surface area contributed by atoms with Crippen molar-refractivity contribution < 1.29 is 8.42 Å². The Morgan fingerprint density at radius 3 is 2.56 bits per heavy atom. The van der Waals surface area contributed by atoms with Crippen LogP contribution in [0.2, 0.25) is 0 Å². The number of nitrogens with two attached hydrogens (primary N) is 1. The topological polar surface area (TPSA) is 72.2 Å². The minimum absolute atomic E-state index is 0.00906. The van der Waals surface area contributed by atoms with E-state index in [1.54, 1.807) is 6.92 Å². The van der Waals surface area contributed by atoms with Crippen molar-refractivity contribution in [3.63, 3.8) is 0 Å². The number of thiocarbonyl (C=S) groups is 1. The summed E-state index contributed by atoms with van der Waals surface area (Å²) in [6.07, 6.45) is 0.373. The van der Waals surface area contributed by atoms with Crippen LogP contribution in [0.5, 0.6) is 0 Å². The third-order valence-electron chi connectivity index (χ3n) is 2.79. The van der Waals surface area contributed by atoms with Crippen LogP contribution in [0.25, 0.3) is 0 Å². The predicted molar refractivity (Wildman–Crippen MR) is 77.8 cm³/mol. The van der Waals surface area contributed by atoms with Crippen molar-refractivity contribution in [3.8, 4) is 0 Å². The molecule has 18 heavy (non-hydrogen) atoms. The molecule has 1 unspecified atom stereocenters. The molecular formula is C12H18N2O2S2. The molecule has 0 saturated heterocycles. The summed E-state index contributed by atoms with van der Waals surface area (Å²) in [5.41, 5.74) is 7.43. The quantitative estimate of drug-likeness (QED) is 0.777. The highest BCUT2D eigenvalue weighted by molar-refractivity contribution is 7.93. The van der Waals surface area contributed by atoms with Crippen LogP contribution < -0.4 is 10.5 Å². The highest BCUT2D eigenvalue weighted by Crippen LogP contribution is 2.09. The second kappa shape index (κ2) is 6.26. The number of sulfonamides is 1. The summed E-state index contributed by atoms with van der Waals surface area (Å²) in [5.74, 6) is 0. The number of aryl methyl sites for hydroxylation is 1. The van der Waals surface area contributed by atoms with Gasteiger partial charge in [-0.25, -0.2) is 13.1 Å². The summed E-state index contributed by atoms with van der Waals surface area (Å²) in [5, 5.41) is -0.809. The first kappa shape index (κ1) is 15.1. The number of hydrogen-bond acceptors (Lipinski definition) is 3. The zero-order valence-corrected chi connectivity index (χ0v) is 12.1. The fraction of sp³-hybridized carbons (Fsp3) is 0.417. The Morgan fingerprint density at radius 2 is 2.06 bits per heavy atom. The normalized spacial score (nSPS) is 13.2. The van der Waals surface area contributed by atoms with E-state index in [0.717, 1.165) is 11.1 Å². The fourth-order valence-electron chi connectivity index (χ4n) is 1.66. The molecule has 0 spiro atoms. The molecule has 0 bridgehead atoms. The van der Waals surface area contributed by atoms with E-state index >= 15 is 0 Å². The molecule has 4 nitrogen and oxygen atoms in total. The molecule has 0 aliphatic heterocycles. The molecule has 0 aliphatic carbocycles. The van der Waals surface area contributed by atoms with Gasteiger partial charge in [-0.15, -0.1) is 0 Å². The Kier molecular flexibility index (Phi) is 5.25. The smallest absolute Gasteiger partial charge is 0.221 e. The summed E-state index contributed by atoms with van der Waals surface area (Å²) in [7, 11) is -3.50. The van der Waals surface area contributed by atoms with Crippen LogP contribution in [0.1, 0.15) is 24.5 Å². The van der Waals surface area contributed by atoms with E-state index in [0.29, 0.717) is 6.42 Å². The lowest BCUT2D eigenvalue weighted by molar-refractivity contribution is 0.574. The Bertz CT molecular complexity index is 527. The first-order valence-corrected chi connectivity index (χ1v) is 7.66. The Hall–Kier alpha value is -0.980. The molecule has 0 saturated carbocycles. The summed E-state index contributed by atoms with van der Waals surface area (Å²) in [6.45, 7) is 3.94. The molecule has 0 amide bonds. The summed E-state index contributed by atoms with van der Waals surface area (Å²) < 4.78 is 26.6. The van der Waals surface area contributed by atoms with Gasteiger partial charge in [0.05, 0.1) is 4.99 Å². The molecular weight excluding hydrogens is 268 g/mol. The maximum atomic E-state index is 12.0. The van der Waals surface area contributed by atoms with Crippen LogP contribution in [-0.4, -0.2) is 18.7 Å². The van der Waals surface area contributed by atoms with Crippen molar-refractivity contribution in [3.05, 3.63) is 35.4 Å². The summed E-state index contributed by atoms with van der Waals surface area (Å²) >= 11 is 4.78. The van der Waals surface area contributed by atoms with E-state index in [2.05, 4.69) is 4.72 Å². The molecule has 6 heteroatoms. The first-order chi connectivity index (χ1) is 8.38. The third kappa shape index (κ3) is 3.76. The largest absolute Gasteiger partial charge is 0.392 e. The fourth-order valence-corrected chi connectivity index (χ4v) is 3.51. The van der Waals surface area contributed by atoms with E-state index in [1.807, 2.05) is 31.2 Å². The highest BCUT2D eigenvalue weighted by atomic mass is 32.2. The molecule has 0 aromatic heterocycles. The molecule has 0 heterocycles. The number of rotatable bonds is 6. The molecule has 0 fully saturated rings. The lowest BCUT2D eigenvalue weighted by Crippen LogP contribution is -2.41. The third-order valence-corrected chi connectivity index (χ3v) is 5.10. The van der Waals surface area contributed by atoms with Gasteiger partial charge in [0.25, 0.3) is 0 Å². The van der Waals surface area contributed by atoms with Crippen LogP contribution in [0.4, 0.5) is 0 Å². The standard InChI is InChI=1S/C12H18N2O2S2/c1-3-11(12(13)17)18(15,16)14-8-10-7-5-4-6-9(10)2/h4-7,11,14H,3,8H2,1-2H3,(H2,13,17). The number of benzene rings is 1. The van der Waals surface area contributed by atoms with E-state index in [-0.39, 0.29) is 11.5 Å². The van der Waals surface area contributed by atoms with Crippen LogP contribution in [0.15, 0.2) is 24.3 Å². The van der Waals surface area contributed by atoms with Crippen molar-refractivity contribution >= 4 is 27.2 Å². The number of hydrogen-bond donors (Lipinski definition) is 2. The summed E-state index contributed by atoms with van der Waals surface area (Å²) in [6, 6.07) is 7.62. The molecule has 0 radical (unpaired) electrons. The van der Waals surface area contributed by atoms with Crippen molar-refractivity contribution in [1.82, 2.24) is 4.72 Å². The van der Waals surface area contributed by atoms with Gasteiger partial charge in [0.2, 0.25) is 10.0 Å². The van der Waals surface area contributed by atoms with E-state index in [9.17, 15) is 8.42 Å². The van der Waals surface area contributed by atoms with Gasteiger partial charge in [-0.05, 0) is 24.5 Å². The zero-order valence-electron chi connectivity index (χ0n) is 10.5. The number of nitrogens with one attached hydrogen (secondary N) is 1. The monoisotopic (exact) mass is 286 g/mol. The first-order valence-electron chi connectivity index (χ1n) is 5.70. The molecule has 0 aliphatic rings. The predicted octanol–water partition coefficient (Wildman–Crippen LogP) is 1.48. The van der Waals surface area contributed by atoms with Crippen LogP contribution in [0.3, 0.4) is 0 Å². The van der Waals surface area contributed by atoms with Gasteiger partial charge in [0.1, 0.15) is 5.25 Å². The highest BCUT2D eigenvalue weighted by Gasteiger charge is 2.25. The molecule has 3 N–H and O–H groups in total. The van der Waals surface area contributed by atoms with Crippen LogP contribution in [0, 0.1) is 6.92 Å². The van der Waals surface area contributed by atoms with Crippen LogP contribution in [-0.2, 0) is 16.6 Å². The molecule has 100 valence electrons. The Labute approximate surface area is 114 Å². The Balaban J connectivity index is 2.79. The van der Waals surface area contributed by atoms with E-state index < -0.39 is 15.3 Å². The second-order valence-corrected chi connectivity index (χ2v) is 6.51. The van der Waals surface area contributed by atoms with Crippen molar-refractivity contribution in [2.24, 2.45) is 5.73 Å². The lowest BCUT2D eigenvalue weighted by Gasteiger charge is -2.15.